The van der Waals surface area contributed by atoms with Gasteiger partial charge in [-0.2, -0.15) is 0 Å². The lowest BCUT2D eigenvalue weighted by Gasteiger charge is -2.31. The Balaban J connectivity index is 1.70. The van der Waals surface area contributed by atoms with E-state index in [1.54, 1.807) is 6.07 Å². The normalized spacial score (nSPS) is 17.4. The number of fused-ring (bicyclic) bond motifs is 1. The molecule has 5 rings (SSSR count). The number of cyclic esters (lactones) is 1. The van der Waals surface area contributed by atoms with Crippen molar-refractivity contribution in [2.24, 2.45) is 0 Å². The summed E-state index contributed by atoms with van der Waals surface area (Å²) in [6.45, 7) is 0. The molecule has 140 valence electrons. The van der Waals surface area contributed by atoms with Crippen LogP contribution in [0, 0.1) is 0 Å². The summed E-state index contributed by atoms with van der Waals surface area (Å²) in [5.41, 5.74) is 3.96. The van der Waals surface area contributed by atoms with Crippen molar-refractivity contribution in [3.63, 3.8) is 0 Å². The van der Waals surface area contributed by atoms with E-state index in [9.17, 15) is 4.79 Å². The zero-order valence-corrected chi connectivity index (χ0v) is 15.6. The first kappa shape index (κ1) is 17.3. The number of carbonyl (C=O) groups excluding carboxylic acids is 1. The first-order valence-electron chi connectivity index (χ1n) is 9.50. The highest BCUT2D eigenvalue weighted by atomic mass is 16.7. The van der Waals surface area contributed by atoms with Gasteiger partial charge in [0.1, 0.15) is 5.75 Å². The average Bonchev–Trinajstić information content (AvgIpc) is 3.08. The van der Waals surface area contributed by atoms with Crippen LogP contribution in [0.5, 0.6) is 5.75 Å². The van der Waals surface area contributed by atoms with Crippen LogP contribution in [-0.2, 0) is 10.5 Å². The fourth-order valence-electron chi connectivity index (χ4n) is 3.76. The monoisotopic (exact) mass is 378 g/mol. The van der Waals surface area contributed by atoms with Crippen LogP contribution in [0.3, 0.4) is 0 Å². The summed E-state index contributed by atoms with van der Waals surface area (Å²) in [6, 6.07) is 34.8. The predicted molar refractivity (Wildman–Crippen MR) is 112 cm³/mol. The molecule has 0 aliphatic carbocycles. The van der Waals surface area contributed by atoms with E-state index in [1.165, 1.54) is 0 Å². The van der Waals surface area contributed by atoms with Crippen molar-refractivity contribution in [2.75, 3.05) is 0 Å². The molecule has 3 heteroatoms. The van der Waals surface area contributed by atoms with Gasteiger partial charge in [-0.15, -0.1) is 0 Å². The lowest BCUT2D eigenvalue weighted by molar-refractivity contribution is -0.108. The van der Waals surface area contributed by atoms with E-state index in [2.05, 4.69) is 0 Å². The van der Waals surface area contributed by atoms with Crippen LogP contribution in [0.2, 0.25) is 0 Å². The molecule has 0 amide bonds. The summed E-state index contributed by atoms with van der Waals surface area (Å²) >= 11 is 0. The molecule has 29 heavy (non-hydrogen) atoms. The molecule has 0 radical (unpaired) electrons. The number of esters is 1. The Morgan fingerprint density at radius 3 is 1.97 bits per heavy atom. The summed E-state index contributed by atoms with van der Waals surface area (Å²) < 4.78 is 12.5. The fourth-order valence-corrected chi connectivity index (χ4v) is 3.76. The molecule has 0 fully saturated rings. The third-order valence-corrected chi connectivity index (χ3v) is 5.12. The van der Waals surface area contributed by atoms with Gasteiger partial charge in [-0.1, -0.05) is 91.0 Å². The van der Waals surface area contributed by atoms with E-state index >= 15 is 0 Å². The molecule has 0 saturated carbocycles. The van der Waals surface area contributed by atoms with E-state index in [4.69, 9.17) is 9.47 Å². The van der Waals surface area contributed by atoms with Crippen LogP contribution in [0.25, 0.3) is 11.1 Å². The molecule has 4 aromatic carbocycles. The third-order valence-electron chi connectivity index (χ3n) is 5.12. The topological polar surface area (TPSA) is 35.5 Å². The van der Waals surface area contributed by atoms with Crippen LogP contribution in [0.15, 0.2) is 109 Å². The second-order valence-electron chi connectivity index (χ2n) is 6.88. The van der Waals surface area contributed by atoms with Crippen LogP contribution < -0.4 is 4.74 Å². The molecular formula is C26H18O3. The van der Waals surface area contributed by atoms with Crippen molar-refractivity contribution in [3.8, 4) is 16.9 Å². The maximum Gasteiger partial charge on any atom is 0.342 e. The van der Waals surface area contributed by atoms with Crippen LogP contribution in [-0.4, -0.2) is 5.97 Å². The number of hydrogen-bond acceptors (Lipinski definition) is 3. The summed E-state index contributed by atoms with van der Waals surface area (Å²) in [6.07, 6.45) is 0. The second kappa shape index (κ2) is 6.95. The van der Waals surface area contributed by atoms with Gasteiger partial charge in [-0.25, -0.2) is 4.79 Å². The zero-order valence-electron chi connectivity index (χ0n) is 15.6. The number of para-hydroxylation sites is 1. The summed E-state index contributed by atoms with van der Waals surface area (Å²) in [7, 11) is 0. The van der Waals surface area contributed by atoms with Crippen molar-refractivity contribution < 1.29 is 14.3 Å². The SMILES string of the molecule is O=C1O[C@](Oc2ccccc2-c2ccccc2)(c2ccccc2)c2ccccc21. The van der Waals surface area contributed by atoms with E-state index < -0.39 is 5.79 Å². The van der Waals surface area contributed by atoms with Crippen molar-refractivity contribution in [2.45, 2.75) is 5.79 Å². The van der Waals surface area contributed by atoms with Gasteiger partial charge in [0.15, 0.2) is 0 Å². The molecule has 4 aromatic rings. The van der Waals surface area contributed by atoms with Crippen LogP contribution in [0.1, 0.15) is 21.5 Å². The molecule has 0 bridgehead atoms. The molecule has 0 saturated heterocycles. The minimum Gasteiger partial charge on any atom is -0.443 e. The van der Waals surface area contributed by atoms with E-state index in [1.807, 2.05) is 103 Å². The first-order valence-corrected chi connectivity index (χ1v) is 9.50. The van der Waals surface area contributed by atoms with E-state index in [-0.39, 0.29) is 5.97 Å². The number of hydrogen-bond donors (Lipinski definition) is 0. The quantitative estimate of drug-likeness (QED) is 0.421. The van der Waals surface area contributed by atoms with E-state index in [0.717, 1.165) is 16.7 Å². The minimum absolute atomic E-state index is 0.387. The minimum atomic E-state index is -1.33. The van der Waals surface area contributed by atoms with Crippen molar-refractivity contribution >= 4 is 5.97 Å². The maximum atomic E-state index is 12.7. The number of benzene rings is 4. The Hall–Kier alpha value is -3.85. The largest absolute Gasteiger partial charge is 0.443 e. The number of carbonyl (C=O) groups is 1. The fraction of sp³-hybridized carbons (Fsp3) is 0.0385. The van der Waals surface area contributed by atoms with Crippen LogP contribution in [0.4, 0.5) is 0 Å². The van der Waals surface area contributed by atoms with Gasteiger partial charge in [-0.05, 0) is 23.8 Å². The average molecular weight is 378 g/mol. The molecule has 0 unspecified atom stereocenters. The smallest absolute Gasteiger partial charge is 0.342 e. The highest BCUT2D eigenvalue weighted by Crippen LogP contribution is 2.45. The molecule has 1 heterocycles. The molecule has 0 aromatic heterocycles. The Morgan fingerprint density at radius 1 is 0.621 bits per heavy atom. The molecule has 3 nitrogen and oxygen atoms in total. The number of ether oxygens (including phenoxy) is 2. The van der Waals surface area contributed by atoms with Gasteiger partial charge in [0, 0.05) is 11.1 Å². The maximum absolute atomic E-state index is 12.7. The molecule has 0 spiro atoms. The third kappa shape index (κ3) is 2.88. The molecule has 1 aliphatic rings. The summed E-state index contributed by atoms with van der Waals surface area (Å²) in [4.78, 5) is 12.7. The van der Waals surface area contributed by atoms with Gasteiger partial charge in [0.25, 0.3) is 0 Å². The highest BCUT2D eigenvalue weighted by Gasteiger charge is 2.49. The zero-order chi connectivity index (χ0) is 19.7. The highest BCUT2D eigenvalue weighted by molar-refractivity contribution is 5.95. The Bertz CT molecular complexity index is 1170. The van der Waals surface area contributed by atoms with Gasteiger partial charge in [0.2, 0.25) is 0 Å². The van der Waals surface area contributed by atoms with Crippen LogP contribution >= 0.6 is 0 Å². The van der Waals surface area contributed by atoms with Crippen molar-refractivity contribution in [3.05, 3.63) is 126 Å². The number of rotatable bonds is 4. The van der Waals surface area contributed by atoms with Gasteiger partial charge >= 0.3 is 11.8 Å². The molecule has 0 N–H and O–H groups in total. The Labute approximate surface area is 169 Å². The predicted octanol–water partition coefficient (Wildman–Crippen LogP) is 5.80. The Kier molecular flexibility index (Phi) is 4.14. The van der Waals surface area contributed by atoms with Gasteiger partial charge < -0.3 is 9.47 Å². The second-order valence-corrected chi connectivity index (χ2v) is 6.88. The standard InChI is InChI=1S/C26H18O3/c27-25-22-16-7-9-17-23(22)26(29-25,20-13-5-2-6-14-20)28-24-18-10-8-15-21(24)19-11-3-1-4-12-19/h1-18H/t26-/m1/s1. The van der Waals surface area contributed by atoms with Gasteiger partial charge in [0.05, 0.1) is 11.1 Å². The lowest BCUT2D eigenvalue weighted by atomic mass is 9.95. The first-order chi connectivity index (χ1) is 14.3. The summed E-state index contributed by atoms with van der Waals surface area (Å²) in [5.74, 6) is -1.08. The van der Waals surface area contributed by atoms with Crippen molar-refractivity contribution in [1.82, 2.24) is 0 Å². The molecule has 1 aliphatic heterocycles. The molecular weight excluding hydrogens is 360 g/mol. The van der Waals surface area contributed by atoms with Gasteiger partial charge in [-0.3, -0.25) is 0 Å². The van der Waals surface area contributed by atoms with Crippen molar-refractivity contribution in [1.29, 1.82) is 0 Å². The molecule has 1 atom stereocenters. The lowest BCUT2D eigenvalue weighted by Crippen LogP contribution is -2.35. The van der Waals surface area contributed by atoms with E-state index in [0.29, 0.717) is 16.9 Å². The Morgan fingerprint density at radius 2 is 1.21 bits per heavy atom. The summed E-state index contributed by atoms with van der Waals surface area (Å²) in [5, 5.41) is 0.